The second-order valence-electron chi connectivity index (χ2n) is 10.2. The number of amides is 1. The number of carbonyl (C=O) groups excluding carboxylic acids is 2. The summed E-state index contributed by atoms with van der Waals surface area (Å²) in [6, 6.07) is 2.19. The molecule has 4 heterocycles. The summed E-state index contributed by atoms with van der Waals surface area (Å²) in [6.07, 6.45) is 0.732. The third-order valence-electron chi connectivity index (χ3n) is 8.08. The molecule has 40 heavy (non-hydrogen) atoms. The first-order chi connectivity index (χ1) is 18.8. The maximum Gasteiger partial charge on any atom is 0.470 e. The summed E-state index contributed by atoms with van der Waals surface area (Å²) >= 11 is 0. The normalized spacial score (nSPS) is 21.1. The highest BCUT2D eigenvalue weighted by Crippen LogP contribution is 2.46. The molecule has 0 saturated carbocycles. The number of benzene rings is 1. The summed E-state index contributed by atoms with van der Waals surface area (Å²) in [5.74, 6) is -2.07. The lowest BCUT2D eigenvalue weighted by molar-refractivity contribution is -0.172. The molecule has 0 fully saturated rings. The highest BCUT2D eigenvalue weighted by atomic mass is 31.2. The van der Waals surface area contributed by atoms with Gasteiger partial charge in [-0.25, -0.2) is 18.7 Å². The topological polar surface area (TPSA) is 177 Å². The highest BCUT2D eigenvalue weighted by molar-refractivity contribution is 7.46. The Morgan fingerprint density at radius 3 is 2.75 bits per heavy atom. The molecule has 0 bridgehead atoms. The number of aliphatic hydroxyl groups is 1. The number of aryl methyl sites for hydroxylation is 1. The van der Waals surface area contributed by atoms with Crippen LogP contribution in [0.4, 0.5) is 4.39 Å². The Hall–Kier alpha value is -3.48. The zero-order valence-corrected chi connectivity index (χ0v) is 22.4. The van der Waals surface area contributed by atoms with E-state index in [-0.39, 0.29) is 30.7 Å². The third-order valence-corrected chi connectivity index (χ3v) is 8.54. The van der Waals surface area contributed by atoms with Crippen LogP contribution in [0.25, 0.3) is 22.3 Å². The molecule has 0 saturated heterocycles. The first kappa shape index (κ1) is 26.7. The molecule has 3 aromatic rings. The Morgan fingerprint density at radius 1 is 1.30 bits per heavy atom. The van der Waals surface area contributed by atoms with Crippen LogP contribution >= 0.6 is 7.82 Å². The minimum Gasteiger partial charge on any atom is -0.458 e. The van der Waals surface area contributed by atoms with Crippen molar-refractivity contribution in [3.05, 3.63) is 61.7 Å². The second-order valence-corrected chi connectivity index (χ2v) is 11.5. The van der Waals surface area contributed by atoms with Crippen molar-refractivity contribution in [1.82, 2.24) is 14.9 Å². The van der Waals surface area contributed by atoms with Crippen LogP contribution < -0.4 is 10.9 Å². The van der Waals surface area contributed by atoms with Gasteiger partial charge in [0.25, 0.3) is 5.56 Å². The van der Waals surface area contributed by atoms with Crippen LogP contribution in [0.1, 0.15) is 59.2 Å². The number of hydrogen-bond acceptors (Lipinski definition) is 8. The van der Waals surface area contributed by atoms with E-state index in [1.807, 2.05) is 0 Å². The summed E-state index contributed by atoms with van der Waals surface area (Å²) in [4.78, 5) is 61.4. The number of pyridine rings is 2. The van der Waals surface area contributed by atoms with Gasteiger partial charge >= 0.3 is 13.8 Å². The predicted molar refractivity (Wildman–Crippen MR) is 136 cm³/mol. The van der Waals surface area contributed by atoms with E-state index in [0.29, 0.717) is 51.8 Å². The number of phosphoric ester groups is 1. The van der Waals surface area contributed by atoms with Crippen LogP contribution in [0.5, 0.6) is 0 Å². The van der Waals surface area contributed by atoms with Crippen molar-refractivity contribution in [2.75, 3.05) is 6.61 Å². The van der Waals surface area contributed by atoms with Crippen molar-refractivity contribution in [2.24, 2.45) is 0 Å². The van der Waals surface area contributed by atoms with Gasteiger partial charge in [-0.05, 0) is 48.9 Å². The van der Waals surface area contributed by atoms with Gasteiger partial charge in [-0.1, -0.05) is 6.92 Å². The van der Waals surface area contributed by atoms with Crippen molar-refractivity contribution < 1.29 is 42.7 Å². The van der Waals surface area contributed by atoms with Gasteiger partial charge in [0.2, 0.25) is 5.91 Å². The molecule has 0 spiro atoms. The van der Waals surface area contributed by atoms with Gasteiger partial charge in [0.15, 0.2) is 5.60 Å². The minimum absolute atomic E-state index is 0.0242. The SMILES string of the molecule is CC[C@@]1(O)C(=O)OCc2c1cc1n(c2=O)Cc2c-1nc1cc(F)c(C)c3c1c2[C@@H](NC(=O)COP(=O)(O)O)CC3. The Kier molecular flexibility index (Phi) is 6.02. The van der Waals surface area contributed by atoms with E-state index in [9.17, 15) is 28.4 Å². The number of carbonyl (C=O) groups is 2. The fraction of sp³-hybridized carbons (Fsp3) is 0.385. The summed E-state index contributed by atoms with van der Waals surface area (Å²) in [5, 5.41) is 14.5. The third kappa shape index (κ3) is 3.92. The zero-order chi connectivity index (χ0) is 28.7. The van der Waals surface area contributed by atoms with Crippen LogP contribution in [-0.4, -0.2) is 42.9 Å². The number of esters is 1. The Labute approximate surface area is 226 Å². The van der Waals surface area contributed by atoms with Crippen molar-refractivity contribution in [1.29, 1.82) is 0 Å². The number of nitrogens with one attached hydrogen (secondary N) is 1. The lowest BCUT2D eigenvalue weighted by Crippen LogP contribution is -2.44. The van der Waals surface area contributed by atoms with Crippen LogP contribution in [0.2, 0.25) is 0 Å². The summed E-state index contributed by atoms with van der Waals surface area (Å²) in [5.41, 5.74) is 1.19. The molecule has 2 aliphatic heterocycles. The molecular formula is C26H25FN3O9P. The predicted octanol–water partition coefficient (Wildman–Crippen LogP) is 1.74. The molecular weight excluding hydrogens is 548 g/mol. The van der Waals surface area contributed by atoms with Gasteiger partial charge in [0.05, 0.1) is 35.1 Å². The molecule has 14 heteroatoms. The number of hydrogen-bond donors (Lipinski definition) is 4. The van der Waals surface area contributed by atoms with E-state index in [4.69, 9.17) is 19.5 Å². The van der Waals surface area contributed by atoms with Gasteiger partial charge in [0, 0.05) is 22.6 Å². The molecule has 3 aliphatic rings. The van der Waals surface area contributed by atoms with E-state index < -0.39 is 49.3 Å². The molecule has 210 valence electrons. The summed E-state index contributed by atoms with van der Waals surface area (Å²) < 4.78 is 37.0. The second kappa shape index (κ2) is 9.02. The number of rotatable bonds is 5. The van der Waals surface area contributed by atoms with Gasteiger partial charge in [-0.15, -0.1) is 0 Å². The molecule has 4 N–H and O–H groups in total. The molecule has 1 amide bonds. The molecule has 2 aromatic heterocycles. The Balaban J connectivity index is 1.56. The molecule has 12 nitrogen and oxygen atoms in total. The van der Waals surface area contributed by atoms with Crippen molar-refractivity contribution in [3.8, 4) is 11.4 Å². The van der Waals surface area contributed by atoms with Crippen LogP contribution in [0, 0.1) is 12.7 Å². The van der Waals surface area contributed by atoms with Crippen LogP contribution in [0.3, 0.4) is 0 Å². The number of ether oxygens (including phenoxy) is 1. The molecule has 1 aliphatic carbocycles. The lowest BCUT2D eigenvalue weighted by Gasteiger charge is -2.31. The van der Waals surface area contributed by atoms with Gasteiger partial charge < -0.3 is 29.5 Å². The smallest absolute Gasteiger partial charge is 0.458 e. The van der Waals surface area contributed by atoms with E-state index in [1.165, 1.54) is 10.6 Å². The van der Waals surface area contributed by atoms with E-state index in [2.05, 4.69) is 9.84 Å². The number of cyclic esters (lactones) is 1. The van der Waals surface area contributed by atoms with Crippen molar-refractivity contribution in [3.63, 3.8) is 0 Å². The number of halogens is 1. The maximum absolute atomic E-state index is 15.0. The highest BCUT2D eigenvalue weighted by Gasteiger charge is 2.46. The molecule has 1 aromatic carbocycles. The summed E-state index contributed by atoms with van der Waals surface area (Å²) in [7, 11) is -4.87. The Bertz CT molecular complexity index is 1770. The fourth-order valence-corrected chi connectivity index (χ4v) is 6.36. The maximum atomic E-state index is 15.0. The number of aromatic nitrogens is 2. The van der Waals surface area contributed by atoms with E-state index in [1.54, 1.807) is 19.9 Å². The molecule has 0 radical (unpaired) electrons. The quantitative estimate of drug-likeness (QED) is 0.203. The molecule has 2 atom stereocenters. The first-order valence-corrected chi connectivity index (χ1v) is 14.2. The summed E-state index contributed by atoms with van der Waals surface area (Å²) in [6.45, 7) is 2.16. The lowest BCUT2D eigenvalue weighted by atomic mass is 9.81. The average Bonchev–Trinajstić information content (AvgIpc) is 3.27. The standard InChI is InChI=1S/C26H25FN3O9P/c1-3-26(34)15-6-19-23-13(8-30(19)24(32)14(15)9-38-25(26)33)22-17(28-20(31)10-39-40(35,36)37)5-4-12-11(2)16(27)7-18(29-23)21(12)22/h6-7,17,34H,3-5,8-10H2,1-2H3,(H,28,31)(H2,35,36,37)/t17-,26-/m0/s1. The van der Waals surface area contributed by atoms with Crippen molar-refractivity contribution in [2.45, 2.75) is 57.9 Å². The molecule has 0 unspecified atom stereocenters. The first-order valence-electron chi connectivity index (χ1n) is 12.6. The average molecular weight is 573 g/mol. The monoisotopic (exact) mass is 573 g/mol. The minimum atomic E-state index is -4.87. The fourth-order valence-electron chi connectivity index (χ4n) is 6.08. The number of fused-ring (bicyclic) bond motifs is 5. The van der Waals surface area contributed by atoms with E-state index in [0.717, 1.165) is 5.56 Å². The van der Waals surface area contributed by atoms with E-state index >= 15 is 0 Å². The number of phosphoric acid groups is 1. The van der Waals surface area contributed by atoms with Gasteiger partial charge in [-0.2, -0.15) is 0 Å². The largest absolute Gasteiger partial charge is 0.470 e. The number of nitrogens with zero attached hydrogens (tertiary/aromatic N) is 2. The Morgan fingerprint density at radius 2 is 2.05 bits per heavy atom. The van der Waals surface area contributed by atoms with Gasteiger partial charge in [0.1, 0.15) is 19.0 Å². The van der Waals surface area contributed by atoms with Crippen molar-refractivity contribution >= 4 is 30.6 Å². The van der Waals surface area contributed by atoms with Crippen LogP contribution in [-0.2, 0) is 48.6 Å². The van der Waals surface area contributed by atoms with Crippen LogP contribution in [0.15, 0.2) is 16.9 Å². The van der Waals surface area contributed by atoms with Gasteiger partial charge in [-0.3, -0.25) is 14.1 Å². The molecule has 6 rings (SSSR count). The zero-order valence-electron chi connectivity index (χ0n) is 21.5.